The van der Waals surface area contributed by atoms with Gasteiger partial charge in [-0.05, 0) is 169 Å². The fourth-order valence-electron chi connectivity index (χ4n) is 16.4. The molecule has 256 valence electrons. The molecule has 0 radical (unpaired) electrons. The molecule has 8 fully saturated rings. The highest BCUT2D eigenvalue weighted by molar-refractivity contribution is 5.92. The van der Waals surface area contributed by atoms with E-state index >= 15 is 0 Å². The second-order valence-corrected chi connectivity index (χ2v) is 20.3. The molecule has 10 aliphatic carbocycles. The van der Waals surface area contributed by atoms with Crippen molar-refractivity contribution < 1.29 is 9.59 Å². The minimum absolute atomic E-state index is 0.243. The Morgan fingerprint density at radius 1 is 0.583 bits per heavy atom. The number of carbonyl (C=O) groups is 2. The van der Waals surface area contributed by atoms with Gasteiger partial charge in [0.1, 0.15) is 0 Å². The highest BCUT2D eigenvalue weighted by Gasteiger charge is 2.72. The average Bonchev–Trinajstić information content (AvgIpc) is 3.95. The van der Waals surface area contributed by atoms with Gasteiger partial charge in [0.15, 0.2) is 11.6 Å². The third-order valence-electron chi connectivity index (χ3n) is 18.4. The van der Waals surface area contributed by atoms with Gasteiger partial charge in [-0.3, -0.25) is 9.59 Å². The number of allylic oxidation sites excluding steroid dienone is 2. The quantitative estimate of drug-likeness (QED) is 0.262. The Kier molecular flexibility index (Phi) is 6.75. The molecule has 0 aromatic heterocycles. The zero-order valence-corrected chi connectivity index (χ0v) is 30.4. The average molecular weight is 647 g/mol. The fourth-order valence-corrected chi connectivity index (χ4v) is 16.4. The topological polar surface area (TPSA) is 81.7 Å². The summed E-state index contributed by atoms with van der Waals surface area (Å²) in [6.45, 7) is 14.5. The van der Waals surface area contributed by atoms with Crippen molar-refractivity contribution in [3.8, 4) is 12.1 Å². The first-order valence-electron chi connectivity index (χ1n) is 20.1. The van der Waals surface area contributed by atoms with Crippen LogP contribution in [0.4, 0.5) is 0 Å². The lowest BCUT2D eigenvalue weighted by atomic mass is 9.44. The number of hydrogen-bond donors (Lipinski definition) is 0. The van der Waals surface area contributed by atoms with Crippen LogP contribution in [0.3, 0.4) is 0 Å². The Morgan fingerprint density at radius 3 is 1.35 bits per heavy atom. The van der Waals surface area contributed by atoms with Crippen LogP contribution in [-0.2, 0) is 9.59 Å². The molecule has 10 aliphatic rings. The molecule has 4 heteroatoms. The molecule has 0 aromatic rings. The lowest BCUT2D eigenvalue weighted by molar-refractivity contribution is -0.119. The molecular formula is C44H58N2O2. The maximum atomic E-state index is 12.0. The number of rotatable bonds is 0. The number of ketones is 2. The highest BCUT2D eigenvalue weighted by Crippen LogP contribution is 2.77. The second-order valence-electron chi connectivity index (χ2n) is 20.3. The molecule has 0 spiro atoms. The Balaban J connectivity index is 0.000000131. The normalized spacial score (nSPS) is 57.8. The van der Waals surface area contributed by atoms with E-state index in [0.717, 1.165) is 73.0 Å². The summed E-state index contributed by atoms with van der Waals surface area (Å²) in [7, 11) is 0. The molecule has 0 bridgehead atoms. The van der Waals surface area contributed by atoms with Crippen LogP contribution in [0.15, 0.2) is 23.3 Å². The Bertz CT molecular complexity index is 1490. The summed E-state index contributed by atoms with van der Waals surface area (Å²) in [4.78, 5) is 24.1. The number of fused-ring (bicyclic) bond motifs is 14. The van der Waals surface area contributed by atoms with Gasteiger partial charge in [0, 0.05) is 12.8 Å². The van der Waals surface area contributed by atoms with E-state index in [-0.39, 0.29) is 21.7 Å². The first kappa shape index (κ1) is 31.8. The molecule has 48 heavy (non-hydrogen) atoms. The van der Waals surface area contributed by atoms with Crippen LogP contribution in [0.1, 0.15) is 119 Å². The van der Waals surface area contributed by atoms with Crippen LogP contribution in [0.2, 0.25) is 0 Å². The Hall–Kier alpha value is -2.20. The van der Waals surface area contributed by atoms with Gasteiger partial charge in [0.2, 0.25) is 0 Å². The first-order chi connectivity index (χ1) is 22.8. The van der Waals surface area contributed by atoms with Crippen molar-refractivity contribution >= 4 is 11.6 Å². The van der Waals surface area contributed by atoms with E-state index in [1.54, 1.807) is 0 Å². The molecular weight excluding hydrogens is 588 g/mol. The zero-order chi connectivity index (χ0) is 33.7. The van der Waals surface area contributed by atoms with Gasteiger partial charge >= 0.3 is 0 Å². The van der Waals surface area contributed by atoms with Crippen molar-refractivity contribution in [1.29, 1.82) is 10.5 Å². The summed E-state index contributed by atoms with van der Waals surface area (Å²) in [6, 6.07) is 5.43. The van der Waals surface area contributed by atoms with Crippen LogP contribution < -0.4 is 0 Å². The molecule has 0 aliphatic heterocycles. The van der Waals surface area contributed by atoms with Gasteiger partial charge in [0.25, 0.3) is 0 Å². The zero-order valence-electron chi connectivity index (χ0n) is 30.4. The fraction of sp³-hybridized carbons (Fsp3) is 0.818. The van der Waals surface area contributed by atoms with Crippen LogP contribution >= 0.6 is 0 Å². The van der Waals surface area contributed by atoms with Crippen molar-refractivity contribution in [2.75, 3.05) is 0 Å². The lowest BCUT2D eigenvalue weighted by Crippen LogP contribution is -2.53. The summed E-state index contributed by atoms with van der Waals surface area (Å²) in [5.74, 6) is 10.0. The largest absolute Gasteiger partial charge is 0.295 e. The smallest absolute Gasteiger partial charge is 0.155 e. The first-order valence-corrected chi connectivity index (χ1v) is 20.1. The van der Waals surface area contributed by atoms with E-state index in [1.807, 2.05) is 12.2 Å². The molecule has 0 amide bonds. The molecule has 8 saturated carbocycles. The number of carbonyl (C=O) groups excluding carboxylic acids is 2. The van der Waals surface area contributed by atoms with Gasteiger partial charge < -0.3 is 0 Å². The third-order valence-corrected chi connectivity index (χ3v) is 18.4. The number of hydrogen-bond acceptors (Lipinski definition) is 4. The molecule has 0 heterocycles. The number of nitrogens with zero attached hydrogens (tertiary/aromatic N) is 2. The van der Waals surface area contributed by atoms with E-state index < -0.39 is 0 Å². The minimum Gasteiger partial charge on any atom is -0.295 e. The van der Waals surface area contributed by atoms with Crippen LogP contribution in [0, 0.1) is 127 Å². The summed E-state index contributed by atoms with van der Waals surface area (Å²) < 4.78 is 0. The lowest BCUT2D eigenvalue weighted by Gasteiger charge is -2.60. The van der Waals surface area contributed by atoms with Gasteiger partial charge in [-0.1, -0.05) is 52.7 Å². The van der Waals surface area contributed by atoms with E-state index in [0.29, 0.717) is 47.1 Å². The predicted octanol–water partition coefficient (Wildman–Crippen LogP) is 9.52. The van der Waals surface area contributed by atoms with E-state index in [4.69, 9.17) is 0 Å². The maximum Gasteiger partial charge on any atom is 0.155 e. The maximum absolute atomic E-state index is 12.0. The second kappa shape index (κ2) is 10.2. The van der Waals surface area contributed by atoms with Crippen molar-refractivity contribution in [3.05, 3.63) is 23.3 Å². The van der Waals surface area contributed by atoms with Crippen molar-refractivity contribution in [1.82, 2.24) is 0 Å². The molecule has 0 unspecified atom stereocenters. The van der Waals surface area contributed by atoms with Crippen molar-refractivity contribution in [2.45, 2.75) is 119 Å². The van der Waals surface area contributed by atoms with E-state index in [9.17, 15) is 20.1 Å². The van der Waals surface area contributed by atoms with Crippen molar-refractivity contribution in [3.63, 3.8) is 0 Å². The standard InChI is InChI=1S/2C22H29NO/c2*1-12-8-16-17(21(2)6-4-13(24)9-18(12)21)5-7-22(3)19(11-23)14-10-15(14)20(16)22/h2*9,12,14-17,19-20H,4-8,10H2,1-3H3/t12-,14+,15-,16-,17+,19+,20+,21-,22-;12-,14-,15+,16+,17-,19-,20-,21+,22+/m10/s1. The van der Waals surface area contributed by atoms with Gasteiger partial charge in [-0.15, -0.1) is 0 Å². The molecule has 4 nitrogen and oxygen atoms in total. The van der Waals surface area contributed by atoms with E-state index in [2.05, 4.69) is 53.7 Å². The van der Waals surface area contributed by atoms with Gasteiger partial charge in [-0.25, -0.2) is 0 Å². The van der Waals surface area contributed by atoms with Crippen LogP contribution in [-0.4, -0.2) is 11.6 Å². The number of nitriles is 2. The molecule has 0 aromatic carbocycles. The molecule has 0 N–H and O–H groups in total. The summed E-state index contributed by atoms with van der Waals surface area (Å²) in [5, 5.41) is 19.6. The molecule has 0 saturated heterocycles. The minimum atomic E-state index is 0.243. The van der Waals surface area contributed by atoms with Crippen molar-refractivity contribution in [2.24, 2.45) is 105 Å². The third kappa shape index (κ3) is 3.99. The molecule has 10 rings (SSSR count). The summed E-state index contributed by atoms with van der Waals surface area (Å²) >= 11 is 0. The predicted molar refractivity (Wildman–Crippen MR) is 185 cm³/mol. The summed E-state index contributed by atoms with van der Waals surface area (Å²) in [6.07, 6.45) is 17.8. The Labute approximate surface area is 289 Å². The van der Waals surface area contributed by atoms with Crippen LogP contribution in [0.5, 0.6) is 0 Å². The van der Waals surface area contributed by atoms with Crippen LogP contribution in [0.25, 0.3) is 0 Å². The summed E-state index contributed by atoms with van der Waals surface area (Å²) in [5.41, 5.74) is 3.95. The van der Waals surface area contributed by atoms with E-state index in [1.165, 1.54) is 62.5 Å². The Morgan fingerprint density at radius 2 is 0.979 bits per heavy atom. The SMILES string of the molecule is C[C@@H]1C[C@H]2[C@@H]3[C@@H]4C[C@@H]4[C@H](C#N)[C@@]3(C)CC[C@@H]2[C@@]2(C)CCC(=O)C=C12.C[C@H]1C[C@H]2[C@@H]3[C@@H]4C[C@@H]4[C@H](C#N)[C@@]3(C)CC[C@@H]2[C@@]2(C)CCC(=O)C=C12. The highest BCUT2D eigenvalue weighted by atomic mass is 16.1. The van der Waals surface area contributed by atoms with Gasteiger partial charge in [-0.2, -0.15) is 10.5 Å². The monoisotopic (exact) mass is 646 g/mol. The molecule has 18 atom stereocenters. The van der Waals surface area contributed by atoms with Gasteiger partial charge in [0.05, 0.1) is 24.0 Å².